The fourth-order valence-electron chi connectivity index (χ4n) is 2.63. The third-order valence-corrected chi connectivity index (χ3v) is 3.87. The monoisotopic (exact) mass is 318 g/mol. The number of likely N-dealkylation sites (tertiary alicyclic amines) is 1. The van der Waals surface area contributed by atoms with Gasteiger partial charge in [-0.05, 0) is 37.1 Å². The Kier molecular flexibility index (Phi) is 4.18. The zero-order valence-corrected chi connectivity index (χ0v) is 12.6. The second-order valence-corrected chi connectivity index (χ2v) is 5.50. The predicted octanol–water partition coefficient (Wildman–Crippen LogP) is 2.45. The average molecular weight is 318 g/mol. The first-order chi connectivity index (χ1) is 11.1. The molecule has 1 aromatic heterocycles. The molecule has 0 aliphatic carbocycles. The molecule has 2 heterocycles. The highest BCUT2D eigenvalue weighted by Gasteiger charge is 2.26. The van der Waals surface area contributed by atoms with Gasteiger partial charge in [0.1, 0.15) is 23.5 Å². The summed E-state index contributed by atoms with van der Waals surface area (Å²) in [6, 6.07) is 6.33. The van der Waals surface area contributed by atoms with Gasteiger partial charge in [0, 0.05) is 13.6 Å². The van der Waals surface area contributed by atoms with Gasteiger partial charge in [-0.3, -0.25) is 4.79 Å². The minimum absolute atomic E-state index is 0.00211. The van der Waals surface area contributed by atoms with Crippen LogP contribution in [0.25, 0.3) is 11.3 Å². The maximum atomic E-state index is 13.7. The van der Waals surface area contributed by atoms with Gasteiger partial charge in [0.05, 0.1) is 11.3 Å². The zero-order chi connectivity index (χ0) is 16.4. The number of hydrogen-bond donors (Lipinski definition) is 1. The van der Waals surface area contributed by atoms with Gasteiger partial charge in [0.25, 0.3) is 0 Å². The second kappa shape index (κ2) is 6.28. The molecule has 1 aliphatic heterocycles. The Morgan fingerprint density at radius 2 is 1.91 bits per heavy atom. The first kappa shape index (κ1) is 15.3. The maximum absolute atomic E-state index is 13.7. The summed E-state index contributed by atoms with van der Waals surface area (Å²) in [5.74, 6) is -0.977. The molecule has 0 saturated carbocycles. The number of carbonyl (C=O) groups excluding carboxylic acids is 1. The molecule has 0 radical (unpaired) electrons. The molecular weight excluding hydrogens is 302 g/mol. The van der Waals surface area contributed by atoms with Crippen LogP contribution in [0.15, 0.2) is 30.3 Å². The van der Waals surface area contributed by atoms with E-state index in [1.54, 1.807) is 18.0 Å². The fourth-order valence-corrected chi connectivity index (χ4v) is 2.63. The van der Waals surface area contributed by atoms with Gasteiger partial charge < -0.3 is 10.2 Å². The van der Waals surface area contributed by atoms with Crippen molar-refractivity contribution in [2.45, 2.75) is 18.9 Å². The summed E-state index contributed by atoms with van der Waals surface area (Å²) >= 11 is 0. The lowest BCUT2D eigenvalue weighted by Gasteiger charge is -2.29. The van der Waals surface area contributed by atoms with Gasteiger partial charge in [-0.25, -0.2) is 8.78 Å². The van der Waals surface area contributed by atoms with Gasteiger partial charge in [0.2, 0.25) is 5.91 Å². The van der Waals surface area contributed by atoms with Crippen LogP contribution in [-0.4, -0.2) is 40.6 Å². The highest BCUT2D eigenvalue weighted by atomic mass is 19.1. The van der Waals surface area contributed by atoms with Crippen LogP contribution in [0.2, 0.25) is 0 Å². The van der Waals surface area contributed by atoms with Crippen LogP contribution in [-0.2, 0) is 4.79 Å². The van der Waals surface area contributed by atoms with E-state index >= 15 is 0 Å². The lowest BCUT2D eigenvalue weighted by atomic mass is 10.1. The predicted molar refractivity (Wildman–Crippen MR) is 81.7 cm³/mol. The van der Waals surface area contributed by atoms with Gasteiger partial charge in [-0.2, -0.15) is 0 Å². The maximum Gasteiger partial charge on any atom is 0.244 e. The van der Waals surface area contributed by atoms with Crippen LogP contribution in [0, 0.1) is 11.6 Å². The number of nitrogens with one attached hydrogen (secondary N) is 1. The van der Waals surface area contributed by atoms with E-state index in [4.69, 9.17) is 0 Å². The molecule has 1 amide bonds. The Hall–Kier alpha value is -2.57. The summed E-state index contributed by atoms with van der Waals surface area (Å²) < 4.78 is 27.5. The lowest BCUT2D eigenvalue weighted by Crippen LogP contribution is -2.45. The van der Waals surface area contributed by atoms with E-state index in [2.05, 4.69) is 15.5 Å². The van der Waals surface area contributed by atoms with Crippen molar-refractivity contribution in [3.05, 3.63) is 42.0 Å². The van der Waals surface area contributed by atoms with Crippen molar-refractivity contribution >= 4 is 11.7 Å². The van der Waals surface area contributed by atoms with E-state index in [-0.39, 0.29) is 23.2 Å². The molecule has 120 valence electrons. The largest absolute Gasteiger partial charge is 0.357 e. The van der Waals surface area contributed by atoms with Crippen molar-refractivity contribution in [1.82, 2.24) is 15.1 Å². The van der Waals surface area contributed by atoms with E-state index < -0.39 is 11.6 Å². The third-order valence-electron chi connectivity index (χ3n) is 3.87. The van der Waals surface area contributed by atoms with E-state index in [1.165, 1.54) is 24.3 Å². The molecule has 3 rings (SSSR count). The Balaban J connectivity index is 1.79. The Bertz CT molecular complexity index is 700. The molecule has 0 spiro atoms. The standard InChI is InChI=1S/C16H16F2N4O/c1-22-9-3-6-13(16(22)23)19-14-8-7-12(20-21-14)15-10(17)4-2-5-11(15)18/h2,4-5,7-8,13H,3,6,9H2,1H3,(H,19,21). The molecule has 1 unspecified atom stereocenters. The first-order valence-electron chi connectivity index (χ1n) is 7.36. The Labute approximate surface area is 132 Å². The van der Waals surface area contributed by atoms with Crippen molar-refractivity contribution in [1.29, 1.82) is 0 Å². The lowest BCUT2D eigenvalue weighted by molar-refractivity contribution is -0.132. The van der Waals surface area contributed by atoms with Crippen LogP contribution < -0.4 is 5.32 Å². The summed E-state index contributed by atoms with van der Waals surface area (Å²) in [7, 11) is 1.76. The number of likely N-dealkylation sites (N-methyl/N-ethyl adjacent to an activating group) is 1. The number of aromatic nitrogens is 2. The van der Waals surface area contributed by atoms with Crippen molar-refractivity contribution in [3.8, 4) is 11.3 Å². The first-order valence-corrected chi connectivity index (χ1v) is 7.36. The van der Waals surface area contributed by atoms with Crippen molar-refractivity contribution in [2.75, 3.05) is 18.9 Å². The highest BCUT2D eigenvalue weighted by molar-refractivity contribution is 5.84. The minimum atomic E-state index is -0.691. The van der Waals surface area contributed by atoms with Crippen LogP contribution in [0.3, 0.4) is 0 Å². The summed E-state index contributed by atoms with van der Waals surface area (Å²) in [4.78, 5) is 13.7. The third kappa shape index (κ3) is 3.13. The quantitative estimate of drug-likeness (QED) is 0.944. The molecular formula is C16H16F2N4O. The van der Waals surface area contributed by atoms with Crippen molar-refractivity contribution in [2.24, 2.45) is 0 Å². The molecule has 2 aromatic rings. The van der Waals surface area contributed by atoms with E-state index in [0.717, 1.165) is 13.0 Å². The van der Waals surface area contributed by atoms with Gasteiger partial charge in [-0.1, -0.05) is 6.07 Å². The number of hydrogen-bond acceptors (Lipinski definition) is 4. The number of carbonyl (C=O) groups is 1. The van der Waals surface area contributed by atoms with Crippen LogP contribution in [0.4, 0.5) is 14.6 Å². The van der Waals surface area contributed by atoms with Gasteiger partial charge in [0.15, 0.2) is 0 Å². The molecule has 1 saturated heterocycles. The summed E-state index contributed by atoms with van der Waals surface area (Å²) in [5, 5.41) is 10.8. The molecule has 1 fully saturated rings. The molecule has 1 aliphatic rings. The SMILES string of the molecule is CN1CCCC(Nc2ccc(-c3c(F)cccc3F)nn2)C1=O. The molecule has 1 aromatic carbocycles. The number of nitrogens with zero attached hydrogens (tertiary/aromatic N) is 3. The summed E-state index contributed by atoms with van der Waals surface area (Å²) in [6.45, 7) is 0.744. The van der Waals surface area contributed by atoms with Gasteiger partial charge >= 0.3 is 0 Å². The number of piperidine rings is 1. The molecule has 1 atom stereocenters. The normalized spacial score (nSPS) is 18.1. The minimum Gasteiger partial charge on any atom is -0.357 e. The van der Waals surface area contributed by atoms with Crippen molar-refractivity contribution in [3.63, 3.8) is 0 Å². The van der Waals surface area contributed by atoms with E-state index in [9.17, 15) is 13.6 Å². The topological polar surface area (TPSA) is 58.1 Å². The number of rotatable bonds is 3. The van der Waals surface area contributed by atoms with Crippen LogP contribution in [0.5, 0.6) is 0 Å². The molecule has 23 heavy (non-hydrogen) atoms. The van der Waals surface area contributed by atoms with E-state index in [1.807, 2.05) is 0 Å². The number of benzene rings is 1. The summed E-state index contributed by atoms with van der Waals surface area (Å²) in [5.41, 5.74) is -0.0988. The van der Waals surface area contributed by atoms with Crippen LogP contribution in [0.1, 0.15) is 12.8 Å². The molecule has 0 bridgehead atoms. The van der Waals surface area contributed by atoms with Crippen LogP contribution >= 0.6 is 0 Å². The fraction of sp³-hybridized carbons (Fsp3) is 0.312. The van der Waals surface area contributed by atoms with Gasteiger partial charge in [-0.15, -0.1) is 10.2 Å². The van der Waals surface area contributed by atoms with Crippen molar-refractivity contribution < 1.29 is 13.6 Å². The molecule has 1 N–H and O–H groups in total. The number of halogens is 2. The number of amides is 1. The molecule has 7 heteroatoms. The smallest absolute Gasteiger partial charge is 0.244 e. The highest BCUT2D eigenvalue weighted by Crippen LogP contribution is 2.24. The average Bonchev–Trinajstić information content (AvgIpc) is 2.53. The molecule has 5 nitrogen and oxygen atoms in total. The zero-order valence-electron chi connectivity index (χ0n) is 12.6. The Morgan fingerprint density at radius 3 is 2.57 bits per heavy atom. The summed E-state index contributed by atoms with van der Waals surface area (Å²) in [6.07, 6.45) is 1.63. The number of anilines is 1. The van der Waals surface area contributed by atoms with E-state index in [0.29, 0.717) is 12.2 Å². The second-order valence-electron chi connectivity index (χ2n) is 5.50. The Morgan fingerprint density at radius 1 is 1.17 bits per heavy atom.